The van der Waals surface area contributed by atoms with E-state index in [1.165, 1.54) is 28.2 Å². The highest BCUT2D eigenvalue weighted by molar-refractivity contribution is 7.12. The molecular weight excluding hydrogens is 244 g/mol. The summed E-state index contributed by atoms with van der Waals surface area (Å²) in [5, 5.41) is 9.10. The van der Waals surface area contributed by atoms with Crippen LogP contribution in [0.5, 0.6) is 0 Å². The molecule has 1 aliphatic rings. The van der Waals surface area contributed by atoms with Crippen molar-refractivity contribution in [3.8, 4) is 0 Å². The van der Waals surface area contributed by atoms with Crippen LogP contribution in [0.4, 0.5) is 0 Å². The summed E-state index contributed by atoms with van der Waals surface area (Å²) in [7, 11) is 0. The molecule has 3 heteroatoms. The van der Waals surface area contributed by atoms with E-state index in [-0.39, 0.29) is 5.41 Å². The smallest absolute Gasteiger partial charge is 0.303 e. The molecule has 0 atom stereocenters. The second-order valence-electron chi connectivity index (χ2n) is 5.74. The number of carboxylic acids is 1. The van der Waals surface area contributed by atoms with Crippen LogP contribution in [-0.4, -0.2) is 11.1 Å². The molecule has 1 aliphatic carbocycles. The van der Waals surface area contributed by atoms with Gasteiger partial charge < -0.3 is 5.11 Å². The van der Waals surface area contributed by atoms with Gasteiger partial charge in [-0.15, -0.1) is 11.3 Å². The molecule has 2 nitrogen and oxygen atoms in total. The third kappa shape index (κ3) is 3.14. The van der Waals surface area contributed by atoms with Gasteiger partial charge in [0.05, 0.1) is 6.42 Å². The van der Waals surface area contributed by atoms with Crippen LogP contribution < -0.4 is 0 Å². The van der Waals surface area contributed by atoms with E-state index in [0.29, 0.717) is 6.42 Å². The van der Waals surface area contributed by atoms with Crippen molar-refractivity contribution in [3.63, 3.8) is 0 Å². The van der Waals surface area contributed by atoms with Gasteiger partial charge in [0.2, 0.25) is 0 Å². The Morgan fingerprint density at radius 3 is 2.56 bits per heavy atom. The summed E-state index contributed by atoms with van der Waals surface area (Å²) >= 11 is 1.87. The average molecular weight is 266 g/mol. The minimum Gasteiger partial charge on any atom is -0.481 e. The Morgan fingerprint density at radius 2 is 2.06 bits per heavy atom. The van der Waals surface area contributed by atoms with Crippen molar-refractivity contribution in [2.75, 3.05) is 0 Å². The number of thiophene rings is 1. The molecule has 0 unspecified atom stereocenters. The Hall–Kier alpha value is -0.830. The molecular formula is C15H22O2S. The van der Waals surface area contributed by atoms with Crippen LogP contribution in [0, 0.1) is 19.3 Å². The normalized spacial score (nSPS) is 18.1. The molecule has 1 aromatic heterocycles. The van der Waals surface area contributed by atoms with Gasteiger partial charge in [-0.1, -0.05) is 12.8 Å². The van der Waals surface area contributed by atoms with Crippen LogP contribution in [0.2, 0.25) is 0 Å². The van der Waals surface area contributed by atoms with Gasteiger partial charge in [0.25, 0.3) is 0 Å². The number of hydrogen-bond acceptors (Lipinski definition) is 2. The summed E-state index contributed by atoms with van der Waals surface area (Å²) in [6.07, 6.45) is 7.06. The Kier molecular flexibility index (Phi) is 4.10. The van der Waals surface area contributed by atoms with E-state index in [1.54, 1.807) is 0 Å². The van der Waals surface area contributed by atoms with Crippen molar-refractivity contribution in [2.24, 2.45) is 5.41 Å². The Balaban J connectivity index is 2.02. The van der Waals surface area contributed by atoms with Gasteiger partial charge in [0, 0.05) is 9.75 Å². The molecule has 100 valence electrons. The quantitative estimate of drug-likeness (QED) is 0.861. The lowest BCUT2D eigenvalue weighted by Crippen LogP contribution is -2.21. The molecule has 18 heavy (non-hydrogen) atoms. The first-order chi connectivity index (χ1) is 8.51. The predicted octanol–water partition coefficient (Wildman–Crippen LogP) is 4.33. The second-order valence-corrected chi connectivity index (χ2v) is 7.08. The van der Waals surface area contributed by atoms with Crippen molar-refractivity contribution in [1.82, 2.24) is 0 Å². The standard InChI is InChI=1S/C15H22O2S/c1-11-9-12(2)18-13(11)5-8-15(10-14(16)17)6-3-4-7-15/h9H,3-8,10H2,1-2H3,(H,16,17). The molecule has 1 N–H and O–H groups in total. The number of rotatable bonds is 5. The van der Waals surface area contributed by atoms with Gasteiger partial charge in [-0.05, 0) is 56.6 Å². The van der Waals surface area contributed by atoms with Crippen molar-refractivity contribution in [2.45, 2.75) is 58.8 Å². The van der Waals surface area contributed by atoms with Crippen molar-refractivity contribution in [3.05, 3.63) is 21.4 Å². The van der Waals surface area contributed by atoms with Crippen LogP contribution in [0.15, 0.2) is 6.07 Å². The highest BCUT2D eigenvalue weighted by Crippen LogP contribution is 2.45. The fourth-order valence-electron chi connectivity index (χ4n) is 3.28. The minimum atomic E-state index is -0.629. The maximum Gasteiger partial charge on any atom is 0.303 e. The predicted molar refractivity (Wildman–Crippen MR) is 75.3 cm³/mol. The third-order valence-electron chi connectivity index (χ3n) is 4.22. The molecule has 0 spiro atoms. The minimum absolute atomic E-state index is 0.0795. The van der Waals surface area contributed by atoms with Crippen LogP contribution in [-0.2, 0) is 11.2 Å². The maximum absolute atomic E-state index is 11.0. The number of carboxylic acid groups (broad SMARTS) is 1. The number of hydrogen-bond donors (Lipinski definition) is 1. The highest BCUT2D eigenvalue weighted by Gasteiger charge is 2.35. The molecule has 2 rings (SSSR count). The van der Waals surface area contributed by atoms with Gasteiger partial charge in [-0.25, -0.2) is 0 Å². The fraction of sp³-hybridized carbons (Fsp3) is 0.667. The van der Waals surface area contributed by atoms with Gasteiger partial charge >= 0.3 is 5.97 Å². The monoisotopic (exact) mass is 266 g/mol. The van der Waals surface area contributed by atoms with E-state index in [2.05, 4.69) is 19.9 Å². The molecule has 1 heterocycles. The molecule has 0 aromatic carbocycles. The molecule has 1 fully saturated rings. The van der Waals surface area contributed by atoms with Gasteiger partial charge in [0.15, 0.2) is 0 Å². The molecule has 0 amide bonds. The Labute approximate surface area is 113 Å². The fourth-order valence-corrected chi connectivity index (χ4v) is 4.33. The summed E-state index contributed by atoms with van der Waals surface area (Å²) in [5.41, 5.74) is 1.46. The maximum atomic E-state index is 11.0. The van der Waals surface area contributed by atoms with E-state index in [4.69, 9.17) is 5.11 Å². The largest absolute Gasteiger partial charge is 0.481 e. The Bertz CT molecular complexity index is 428. The van der Waals surface area contributed by atoms with Crippen LogP contribution in [0.1, 0.15) is 53.8 Å². The Morgan fingerprint density at radius 1 is 1.39 bits per heavy atom. The van der Waals surface area contributed by atoms with E-state index in [9.17, 15) is 4.79 Å². The van der Waals surface area contributed by atoms with Crippen molar-refractivity contribution >= 4 is 17.3 Å². The van der Waals surface area contributed by atoms with Gasteiger partial charge in [-0.3, -0.25) is 4.79 Å². The second kappa shape index (κ2) is 5.43. The lowest BCUT2D eigenvalue weighted by molar-refractivity contribution is -0.139. The van der Waals surface area contributed by atoms with Crippen LogP contribution in [0.3, 0.4) is 0 Å². The molecule has 0 bridgehead atoms. The average Bonchev–Trinajstić information content (AvgIpc) is 2.83. The first kappa shape index (κ1) is 13.6. The van der Waals surface area contributed by atoms with Gasteiger partial charge in [0.1, 0.15) is 0 Å². The van der Waals surface area contributed by atoms with Crippen molar-refractivity contribution in [1.29, 1.82) is 0 Å². The molecule has 1 aromatic rings. The molecule has 0 saturated heterocycles. The lowest BCUT2D eigenvalue weighted by Gasteiger charge is -2.27. The topological polar surface area (TPSA) is 37.3 Å². The number of aryl methyl sites for hydroxylation is 3. The molecule has 0 aliphatic heterocycles. The molecule has 1 saturated carbocycles. The zero-order valence-corrected chi connectivity index (χ0v) is 12.1. The summed E-state index contributed by atoms with van der Waals surface area (Å²) in [6, 6.07) is 2.23. The SMILES string of the molecule is Cc1cc(C)c(CCC2(CC(=O)O)CCCC2)s1. The van der Waals surface area contributed by atoms with Crippen molar-refractivity contribution < 1.29 is 9.90 Å². The first-order valence-corrected chi connectivity index (χ1v) is 7.60. The molecule has 0 radical (unpaired) electrons. The highest BCUT2D eigenvalue weighted by atomic mass is 32.1. The first-order valence-electron chi connectivity index (χ1n) is 6.78. The summed E-state index contributed by atoms with van der Waals surface area (Å²) in [4.78, 5) is 13.9. The number of aliphatic carboxylic acids is 1. The van der Waals surface area contributed by atoms with E-state index in [0.717, 1.165) is 25.7 Å². The lowest BCUT2D eigenvalue weighted by atomic mass is 9.78. The third-order valence-corrected chi connectivity index (χ3v) is 5.43. The van der Waals surface area contributed by atoms with E-state index < -0.39 is 5.97 Å². The number of carbonyl (C=O) groups is 1. The van der Waals surface area contributed by atoms with E-state index in [1.807, 2.05) is 11.3 Å². The summed E-state index contributed by atoms with van der Waals surface area (Å²) < 4.78 is 0. The summed E-state index contributed by atoms with van der Waals surface area (Å²) in [5.74, 6) is -0.629. The van der Waals surface area contributed by atoms with Gasteiger partial charge in [-0.2, -0.15) is 0 Å². The van der Waals surface area contributed by atoms with Crippen LogP contribution >= 0.6 is 11.3 Å². The van der Waals surface area contributed by atoms with E-state index >= 15 is 0 Å². The zero-order chi connectivity index (χ0) is 13.2. The van der Waals surface area contributed by atoms with Crippen LogP contribution in [0.25, 0.3) is 0 Å². The zero-order valence-electron chi connectivity index (χ0n) is 11.3. The summed E-state index contributed by atoms with van der Waals surface area (Å²) in [6.45, 7) is 4.31.